The molecule has 12 nitrogen and oxygen atoms in total. The maximum atomic E-state index is 11.5. The lowest BCUT2D eigenvalue weighted by Gasteiger charge is -2.13. The molecule has 25 heavy (non-hydrogen) atoms. The van der Waals surface area contributed by atoms with Crippen molar-refractivity contribution in [1.82, 2.24) is 10.6 Å². The second-order valence-corrected chi connectivity index (χ2v) is 4.97. The summed E-state index contributed by atoms with van der Waals surface area (Å²) in [4.78, 5) is 65.6. The van der Waals surface area contributed by atoms with Gasteiger partial charge in [0.2, 0.25) is 11.8 Å². The van der Waals surface area contributed by atoms with E-state index in [2.05, 4.69) is 0 Å². The normalized spacial score (nSPS) is 12.5. The zero-order valence-corrected chi connectivity index (χ0v) is 12.9. The number of aliphatic carboxylic acids is 4. The SMILES string of the molecule is O=C(O)C[C@H](NC(=O)CCCC(=O)N[C@@H](CC(=O)O)C(=O)O)C(=O)O. The topological polar surface area (TPSA) is 207 Å². The van der Waals surface area contributed by atoms with Crippen molar-refractivity contribution < 1.29 is 49.2 Å². The molecule has 0 saturated carbocycles. The second-order valence-electron chi connectivity index (χ2n) is 4.97. The summed E-state index contributed by atoms with van der Waals surface area (Å²) < 4.78 is 0. The molecule has 0 rings (SSSR count). The van der Waals surface area contributed by atoms with E-state index in [4.69, 9.17) is 20.4 Å². The highest BCUT2D eigenvalue weighted by atomic mass is 16.4. The molecular formula is C13H18N2O10. The first-order valence-electron chi connectivity index (χ1n) is 7.00. The Morgan fingerprint density at radius 1 is 0.640 bits per heavy atom. The molecule has 2 amide bonds. The molecule has 6 N–H and O–H groups in total. The number of carbonyl (C=O) groups excluding carboxylic acids is 2. The van der Waals surface area contributed by atoms with Gasteiger partial charge in [-0.1, -0.05) is 0 Å². The number of amides is 2. The van der Waals surface area contributed by atoms with Gasteiger partial charge in [0, 0.05) is 12.8 Å². The van der Waals surface area contributed by atoms with Gasteiger partial charge in [0.15, 0.2) is 0 Å². The van der Waals surface area contributed by atoms with E-state index in [0.29, 0.717) is 0 Å². The molecule has 0 bridgehead atoms. The zero-order chi connectivity index (χ0) is 19.6. The standard InChI is InChI=1S/C13H18N2O10/c16-8(14-6(12(22)23)4-10(18)19)2-1-3-9(17)15-7(13(24)25)5-11(20)21/h6-7H,1-5H2,(H,14,16)(H,15,17)(H,18,19)(H,20,21)(H,22,23)(H,24,25)/t6-,7-/m0/s1. The highest BCUT2D eigenvalue weighted by Crippen LogP contribution is 2.01. The van der Waals surface area contributed by atoms with Gasteiger partial charge in [0.25, 0.3) is 0 Å². The molecule has 0 aromatic heterocycles. The average Bonchev–Trinajstić information content (AvgIpc) is 2.44. The number of nitrogens with one attached hydrogen (secondary N) is 2. The van der Waals surface area contributed by atoms with Crippen molar-refractivity contribution in [2.45, 2.75) is 44.2 Å². The number of carbonyl (C=O) groups is 6. The van der Waals surface area contributed by atoms with Crippen molar-refractivity contribution in [3.8, 4) is 0 Å². The van der Waals surface area contributed by atoms with Crippen LogP contribution < -0.4 is 10.6 Å². The summed E-state index contributed by atoms with van der Waals surface area (Å²) >= 11 is 0. The summed E-state index contributed by atoms with van der Waals surface area (Å²) in [5.41, 5.74) is 0. The van der Waals surface area contributed by atoms with E-state index in [1.54, 1.807) is 0 Å². The van der Waals surface area contributed by atoms with Gasteiger partial charge in [-0.2, -0.15) is 0 Å². The van der Waals surface area contributed by atoms with Crippen molar-refractivity contribution >= 4 is 35.7 Å². The number of hydrogen-bond acceptors (Lipinski definition) is 6. The molecule has 0 aromatic carbocycles. The van der Waals surface area contributed by atoms with E-state index in [-0.39, 0.29) is 19.3 Å². The van der Waals surface area contributed by atoms with Crippen LogP contribution in [0.1, 0.15) is 32.1 Å². The van der Waals surface area contributed by atoms with E-state index in [1.807, 2.05) is 10.6 Å². The summed E-state index contributed by atoms with van der Waals surface area (Å²) in [5.74, 6) is -7.45. The van der Waals surface area contributed by atoms with Crippen LogP contribution >= 0.6 is 0 Å². The van der Waals surface area contributed by atoms with Crippen LogP contribution in [0.15, 0.2) is 0 Å². The fourth-order valence-electron chi connectivity index (χ4n) is 1.69. The van der Waals surface area contributed by atoms with Crippen LogP contribution in [0.25, 0.3) is 0 Å². The van der Waals surface area contributed by atoms with Crippen molar-refractivity contribution in [1.29, 1.82) is 0 Å². The van der Waals surface area contributed by atoms with E-state index in [9.17, 15) is 28.8 Å². The Morgan fingerprint density at radius 2 is 0.960 bits per heavy atom. The van der Waals surface area contributed by atoms with Gasteiger partial charge in [-0.05, 0) is 6.42 Å². The smallest absolute Gasteiger partial charge is 0.326 e. The minimum atomic E-state index is -1.61. The lowest BCUT2D eigenvalue weighted by Crippen LogP contribution is -2.43. The van der Waals surface area contributed by atoms with Gasteiger partial charge in [0.05, 0.1) is 12.8 Å². The maximum Gasteiger partial charge on any atom is 0.326 e. The lowest BCUT2D eigenvalue weighted by molar-refractivity contribution is -0.147. The van der Waals surface area contributed by atoms with Gasteiger partial charge in [-0.3, -0.25) is 19.2 Å². The first-order chi connectivity index (χ1) is 11.5. The third-order valence-electron chi connectivity index (χ3n) is 2.83. The Hall–Kier alpha value is -3.18. The highest BCUT2D eigenvalue weighted by Gasteiger charge is 2.24. The Balaban J connectivity index is 4.31. The number of carboxylic acid groups (broad SMARTS) is 4. The fourth-order valence-corrected chi connectivity index (χ4v) is 1.69. The van der Waals surface area contributed by atoms with Gasteiger partial charge >= 0.3 is 23.9 Å². The first kappa shape index (κ1) is 21.8. The predicted octanol–water partition coefficient (Wildman–Crippen LogP) is -1.76. The van der Waals surface area contributed by atoms with Crippen molar-refractivity contribution in [3.05, 3.63) is 0 Å². The van der Waals surface area contributed by atoms with Crippen LogP contribution in [0.3, 0.4) is 0 Å². The van der Waals surface area contributed by atoms with Crippen molar-refractivity contribution in [2.24, 2.45) is 0 Å². The third kappa shape index (κ3) is 10.3. The Bertz CT molecular complexity index is 511. The minimum absolute atomic E-state index is 0.0729. The van der Waals surface area contributed by atoms with Crippen molar-refractivity contribution in [3.63, 3.8) is 0 Å². The molecule has 0 radical (unpaired) electrons. The third-order valence-corrected chi connectivity index (χ3v) is 2.83. The average molecular weight is 362 g/mol. The van der Waals surface area contributed by atoms with E-state index >= 15 is 0 Å². The predicted molar refractivity (Wildman–Crippen MR) is 77.5 cm³/mol. The molecule has 12 heteroatoms. The molecular weight excluding hydrogens is 344 g/mol. The molecule has 0 spiro atoms. The van der Waals surface area contributed by atoms with E-state index < -0.39 is 60.6 Å². The van der Waals surface area contributed by atoms with E-state index in [1.165, 1.54) is 0 Å². The molecule has 0 aliphatic carbocycles. The highest BCUT2D eigenvalue weighted by molar-refractivity contribution is 5.88. The summed E-state index contributed by atoms with van der Waals surface area (Å²) in [7, 11) is 0. The van der Waals surface area contributed by atoms with Crippen LogP contribution in [0.4, 0.5) is 0 Å². The maximum absolute atomic E-state index is 11.5. The zero-order valence-electron chi connectivity index (χ0n) is 12.9. The molecule has 2 atom stereocenters. The van der Waals surface area contributed by atoms with Gasteiger partial charge in [-0.15, -0.1) is 0 Å². The van der Waals surface area contributed by atoms with Crippen LogP contribution in [0.2, 0.25) is 0 Å². The van der Waals surface area contributed by atoms with Crippen LogP contribution in [-0.4, -0.2) is 68.2 Å². The molecule has 0 heterocycles. The van der Waals surface area contributed by atoms with Crippen LogP contribution in [0.5, 0.6) is 0 Å². The minimum Gasteiger partial charge on any atom is -0.481 e. The van der Waals surface area contributed by atoms with Crippen LogP contribution in [0, 0.1) is 0 Å². The number of hydrogen-bond donors (Lipinski definition) is 6. The first-order valence-corrected chi connectivity index (χ1v) is 7.00. The summed E-state index contributed by atoms with van der Waals surface area (Å²) in [6.45, 7) is 0. The summed E-state index contributed by atoms with van der Waals surface area (Å²) in [5, 5.41) is 38.5. The van der Waals surface area contributed by atoms with Crippen LogP contribution in [-0.2, 0) is 28.8 Å². The monoisotopic (exact) mass is 362 g/mol. The molecule has 140 valence electrons. The van der Waals surface area contributed by atoms with Gasteiger partial charge in [0.1, 0.15) is 12.1 Å². The largest absolute Gasteiger partial charge is 0.481 e. The molecule has 0 aliphatic rings. The summed E-state index contributed by atoms with van der Waals surface area (Å²) in [6, 6.07) is -3.21. The summed E-state index contributed by atoms with van der Waals surface area (Å²) in [6.07, 6.45) is -2.29. The molecule has 0 fully saturated rings. The molecule has 0 aliphatic heterocycles. The van der Waals surface area contributed by atoms with E-state index in [0.717, 1.165) is 0 Å². The number of carboxylic acids is 4. The van der Waals surface area contributed by atoms with Gasteiger partial charge in [-0.25, -0.2) is 9.59 Å². The second kappa shape index (κ2) is 10.6. The molecule has 0 saturated heterocycles. The number of rotatable bonds is 12. The fraction of sp³-hybridized carbons (Fsp3) is 0.538. The van der Waals surface area contributed by atoms with Gasteiger partial charge < -0.3 is 31.1 Å². The van der Waals surface area contributed by atoms with Crippen molar-refractivity contribution in [2.75, 3.05) is 0 Å². The molecule has 0 unspecified atom stereocenters. The quantitative estimate of drug-likeness (QED) is 0.230. The lowest BCUT2D eigenvalue weighted by atomic mass is 10.1. The Morgan fingerprint density at radius 3 is 1.20 bits per heavy atom. The molecule has 0 aromatic rings. The Kier molecular flexibility index (Phi) is 9.22. The Labute approximate surface area is 140 Å².